The van der Waals surface area contributed by atoms with Crippen LogP contribution in [-0.2, 0) is 28.7 Å². The van der Waals surface area contributed by atoms with Gasteiger partial charge in [-0.25, -0.2) is 0 Å². The molecule has 0 rings (SSSR count). The molecule has 0 aliphatic heterocycles. The summed E-state index contributed by atoms with van der Waals surface area (Å²) >= 11 is 0. The standard InChI is InChI=1S/2C36H70O4.Ca/c2*1-3-5-7-8-9-10-11-12-13-14-15-20-23-26-29-33-36(39)40-34(30-6-4-2)31-27-24-21-18-16-17-19-22-25-28-32-35(37)38;/h2*34H,3-33H2,1-2H3,(H,37,38);/q;;+2/p-2. The number of carboxylic acids is 2. The van der Waals surface area contributed by atoms with E-state index in [1.807, 2.05) is 0 Å². The van der Waals surface area contributed by atoms with Crippen molar-refractivity contribution in [3.05, 3.63) is 0 Å². The maximum atomic E-state index is 12.4. The number of ether oxygens (including phenoxy) is 2. The second-order valence-corrected chi connectivity index (χ2v) is 24.8. The van der Waals surface area contributed by atoms with Crippen LogP contribution in [0.3, 0.4) is 0 Å². The summed E-state index contributed by atoms with van der Waals surface area (Å²) in [7, 11) is 0. The van der Waals surface area contributed by atoms with Crippen molar-refractivity contribution >= 4 is 61.6 Å². The van der Waals surface area contributed by atoms with E-state index in [1.165, 1.54) is 244 Å². The minimum absolute atomic E-state index is 0. The Labute approximate surface area is 534 Å². The van der Waals surface area contributed by atoms with Crippen molar-refractivity contribution < 1.29 is 38.9 Å². The van der Waals surface area contributed by atoms with Gasteiger partial charge in [0.15, 0.2) is 0 Å². The Morgan fingerprint density at radius 2 is 0.395 bits per heavy atom. The maximum absolute atomic E-state index is 12.4. The van der Waals surface area contributed by atoms with Gasteiger partial charge in [-0.15, -0.1) is 0 Å². The van der Waals surface area contributed by atoms with Gasteiger partial charge in [-0.3, -0.25) is 9.59 Å². The monoisotopic (exact) mass is 1170 g/mol. The molecule has 8 nitrogen and oxygen atoms in total. The first-order valence-electron chi connectivity index (χ1n) is 36.0. The fraction of sp³-hybridized carbons (Fsp3) is 0.944. The van der Waals surface area contributed by atoms with Gasteiger partial charge in [0.2, 0.25) is 0 Å². The fourth-order valence-corrected chi connectivity index (χ4v) is 11.3. The van der Waals surface area contributed by atoms with E-state index < -0.39 is 11.9 Å². The Balaban J connectivity index is -0.00000148. The summed E-state index contributed by atoms with van der Waals surface area (Å²) in [6.45, 7) is 8.98. The molecule has 0 heterocycles. The van der Waals surface area contributed by atoms with Crippen molar-refractivity contribution in [3.63, 3.8) is 0 Å². The fourth-order valence-electron chi connectivity index (χ4n) is 11.3. The quantitative estimate of drug-likeness (QED) is 0.0334. The van der Waals surface area contributed by atoms with Gasteiger partial charge in [0.1, 0.15) is 12.2 Å². The van der Waals surface area contributed by atoms with E-state index in [1.54, 1.807) is 0 Å². The molecule has 0 aliphatic rings. The van der Waals surface area contributed by atoms with E-state index in [4.69, 9.17) is 9.47 Å². The molecule has 0 fully saturated rings. The third-order valence-electron chi connectivity index (χ3n) is 16.6. The molecular formula is C72H138CaO8. The summed E-state index contributed by atoms with van der Waals surface area (Å²) in [4.78, 5) is 45.7. The van der Waals surface area contributed by atoms with Gasteiger partial charge < -0.3 is 29.3 Å². The van der Waals surface area contributed by atoms with Gasteiger partial charge in [-0.2, -0.15) is 0 Å². The van der Waals surface area contributed by atoms with Crippen LogP contribution < -0.4 is 10.2 Å². The Hall–Kier alpha value is -0.860. The molecule has 0 saturated carbocycles. The van der Waals surface area contributed by atoms with Crippen LogP contribution in [0, 0.1) is 0 Å². The molecule has 9 heteroatoms. The van der Waals surface area contributed by atoms with Crippen molar-refractivity contribution in [2.75, 3.05) is 0 Å². The molecular weight excluding hydrogens is 1030 g/mol. The number of unbranched alkanes of at least 4 members (excludes halogenated alkanes) is 48. The summed E-state index contributed by atoms with van der Waals surface area (Å²) in [6.07, 6.45) is 73.9. The number of aliphatic carboxylic acids is 2. The molecule has 476 valence electrons. The second-order valence-electron chi connectivity index (χ2n) is 24.8. The third kappa shape index (κ3) is 75.2. The molecule has 0 spiro atoms. The molecule has 0 amide bonds. The van der Waals surface area contributed by atoms with Crippen molar-refractivity contribution in [2.45, 2.75) is 438 Å². The molecule has 2 atom stereocenters. The minimum atomic E-state index is -0.924. The zero-order chi connectivity index (χ0) is 58.7. The summed E-state index contributed by atoms with van der Waals surface area (Å²) < 4.78 is 11.8. The molecule has 0 aromatic heterocycles. The number of carbonyl (C=O) groups excluding carboxylic acids is 4. The van der Waals surface area contributed by atoms with E-state index in [2.05, 4.69) is 27.7 Å². The van der Waals surface area contributed by atoms with Crippen molar-refractivity contribution in [1.82, 2.24) is 0 Å². The van der Waals surface area contributed by atoms with Crippen LogP contribution in [0.4, 0.5) is 0 Å². The van der Waals surface area contributed by atoms with Crippen LogP contribution in [-0.4, -0.2) is 73.8 Å². The van der Waals surface area contributed by atoms with E-state index in [0.717, 1.165) is 128 Å². The first-order valence-corrected chi connectivity index (χ1v) is 36.0. The van der Waals surface area contributed by atoms with Gasteiger partial charge in [-0.1, -0.05) is 336 Å². The molecule has 0 aromatic carbocycles. The van der Waals surface area contributed by atoms with E-state index in [9.17, 15) is 29.4 Å². The molecule has 0 saturated heterocycles. The van der Waals surface area contributed by atoms with E-state index >= 15 is 0 Å². The second kappa shape index (κ2) is 73.4. The van der Waals surface area contributed by atoms with Crippen LogP contribution in [0.5, 0.6) is 0 Å². The first kappa shape index (κ1) is 84.3. The van der Waals surface area contributed by atoms with E-state index in [-0.39, 0.29) is 74.7 Å². The van der Waals surface area contributed by atoms with Crippen LogP contribution >= 0.6 is 0 Å². The van der Waals surface area contributed by atoms with Crippen LogP contribution in [0.2, 0.25) is 0 Å². The number of hydrogen-bond acceptors (Lipinski definition) is 8. The Bertz CT molecular complexity index is 1170. The van der Waals surface area contributed by atoms with Gasteiger partial charge >= 0.3 is 49.7 Å². The summed E-state index contributed by atoms with van der Waals surface area (Å²) in [6, 6.07) is 0. The zero-order valence-corrected chi connectivity index (χ0v) is 57.2. The number of esters is 2. The Morgan fingerprint density at radius 3 is 0.593 bits per heavy atom. The maximum Gasteiger partial charge on any atom is 2.00 e. The molecule has 0 N–H and O–H groups in total. The zero-order valence-electron chi connectivity index (χ0n) is 55.0. The smallest absolute Gasteiger partial charge is 0.550 e. The molecule has 81 heavy (non-hydrogen) atoms. The number of hydrogen-bond donors (Lipinski definition) is 0. The number of carbonyl (C=O) groups is 4. The van der Waals surface area contributed by atoms with Gasteiger partial charge in [0.05, 0.1) is 0 Å². The predicted molar refractivity (Wildman–Crippen MR) is 344 cm³/mol. The molecule has 0 radical (unpaired) electrons. The largest absolute Gasteiger partial charge is 2.00 e. The minimum Gasteiger partial charge on any atom is -0.550 e. The average molecular weight is 1170 g/mol. The number of carboxylic acid groups (broad SMARTS) is 2. The normalized spacial score (nSPS) is 11.9. The van der Waals surface area contributed by atoms with Crippen LogP contribution in [0.25, 0.3) is 0 Å². The summed E-state index contributed by atoms with van der Waals surface area (Å²) in [5.41, 5.74) is 0. The van der Waals surface area contributed by atoms with Crippen molar-refractivity contribution in [2.24, 2.45) is 0 Å². The van der Waals surface area contributed by atoms with E-state index in [0.29, 0.717) is 12.8 Å². The predicted octanol–water partition coefficient (Wildman–Crippen LogP) is 21.2. The Morgan fingerprint density at radius 1 is 0.235 bits per heavy atom. The van der Waals surface area contributed by atoms with Gasteiger partial charge in [0, 0.05) is 24.8 Å². The summed E-state index contributed by atoms with van der Waals surface area (Å²) in [5.74, 6) is -1.80. The van der Waals surface area contributed by atoms with Crippen molar-refractivity contribution in [3.8, 4) is 0 Å². The number of rotatable bonds is 66. The third-order valence-corrected chi connectivity index (χ3v) is 16.6. The Kier molecular flexibility index (Phi) is 76.4. The molecule has 0 aliphatic carbocycles. The molecule has 2 unspecified atom stereocenters. The topological polar surface area (TPSA) is 133 Å². The average Bonchev–Trinajstić information content (AvgIpc) is 3.44. The molecule has 0 bridgehead atoms. The first-order chi connectivity index (χ1) is 39.2. The van der Waals surface area contributed by atoms with Gasteiger partial charge in [0.25, 0.3) is 0 Å². The van der Waals surface area contributed by atoms with Crippen LogP contribution in [0.1, 0.15) is 426 Å². The van der Waals surface area contributed by atoms with Gasteiger partial charge in [-0.05, 0) is 77.0 Å². The SMILES string of the molecule is CCCCCCCCCCCCCCCCCC(=O)OC(CCCC)CCCCCCCCCCCCC(=O)[O-].CCCCCCCCCCCCCCCCCC(=O)OC(CCCC)CCCCCCCCCCCCC(=O)[O-].[Ca+2]. The summed E-state index contributed by atoms with van der Waals surface area (Å²) in [5, 5.41) is 20.8. The molecule has 0 aromatic rings. The van der Waals surface area contributed by atoms with Crippen LogP contribution in [0.15, 0.2) is 0 Å². The van der Waals surface area contributed by atoms with Crippen molar-refractivity contribution in [1.29, 1.82) is 0 Å².